The van der Waals surface area contributed by atoms with Crippen LogP contribution in [0.5, 0.6) is 0 Å². The molecule has 4 heterocycles. The molecule has 2 unspecified atom stereocenters. The zero-order valence-electron chi connectivity index (χ0n) is 20.1. The molecule has 4 rings (SSSR count). The van der Waals surface area contributed by atoms with Crippen molar-refractivity contribution in [1.29, 1.82) is 0 Å². The van der Waals surface area contributed by atoms with Gasteiger partial charge in [-0.05, 0) is 26.2 Å². The summed E-state index contributed by atoms with van der Waals surface area (Å²) in [5.74, 6) is -3.03. The molecule has 9 nitrogen and oxygen atoms in total. The number of morpholine rings is 1. The number of aliphatic hydroxyl groups is 1. The summed E-state index contributed by atoms with van der Waals surface area (Å²) in [7, 11) is 0. The zero-order chi connectivity index (χ0) is 24.7. The van der Waals surface area contributed by atoms with E-state index in [0.717, 1.165) is 13.1 Å². The van der Waals surface area contributed by atoms with Crippen LogP contribution in [0, 0.1) is 11.8 Å². The Bertz CT molecular complexity index is 832. The number of rotatable bonds is 10. The van der Waals surface area contributed by atoms with Crippen molar-refractivity contribution in [3.05, 3.63) is 12.7 Å². The Hall–Kier alpha value is -1.62. The van der Waals surface area contributed by atoms with Crippen LogP contribution in [0.1, 0.15) is 33.1 Å². The smallest absolute Gasteiger partial charge is 0.308 e. The van der Waals surface area contributed by atoms with Gasteiger partial charge in [-0.25, -0.2) is 0 Å². The number of ether oxygens (including phenoxy) is 1. The number of carboxylic acids is 1. The summed E-state index contributed by atoms with van der Waals surface area (Å²) < 4.78 is 4.06. The summed E-state index contributed by atoms with van der Waals surface area (Å²) in [4.78, 5) is 45.9. The number of hydrogen-bond acceptors (Lipinski definition) is 7. The number of aliphatic carboxylic acids is 1. The summed E-state index contributed by atoms with van der Waals surface area (Å²) in [6.45, 7) is 11.9. The van der Waals surface area contributed by atoms with Gasteiger partial charge in [-0.15, -0.1) is 18.3 Å². The highest BCUT2D eigenvalue weighted by Gasteiger charge is 2.78. The first-order chi connectivity index (χ1) is 16.2. The molecule has 34 heavy (non-hydrogen) atoms. The molecule has 0 radical (unpaired) electrons. The molecule has 0 aromatic carbocycles. The first-order valence-electron chi connectivity index (χ1n) is 12.3. The second kappa shape index (κ2) is 9.79. The maximum Gasteiger partial charge on any atom is 0.308 e. The largest absolute Gasteiger partial charge is 0.481 e. The van der Waals surface area contributed by atoms with Gasteiger partial charge in [0.2, 0.25) is 11.8 Å². The van der Waals surface area contributed by atoms with E-state index >= 15 is 0 Å². The molecule has 0 aromatic rings. The van der Waals surface area contributed by atoms with Crippen molar-refractivity contribution in [2.24, 2.45) is 11.8 Å². The Kier molecular flexibility index (Phi) is 7.34. The summed E-state index contributed by atoms with van der Waals surface area (Å²) >= 11 is 1.53. The predicted octanol–water partition coefficient (Wildman–Crippen LogP) is 0.670. The molecule has 1 spiro atoms. The normalized spacial score (nSPS) is 35.9. The molecule has 0 saturated carbocycles. The summed E-state index contributed by atoms with van der Waals surface area (Å²) in [6.07, 6.45) is 3.46. The fourth-order valence-electron chi connectivity index (χ4n) is 6.53. The van der Waals surface area contributed by atoms with Crippen molar-refractivity contribution in [1.82, 2.24) is 14.7 Å². The SMILES string of the molecule is C=CCN(CCN1CCOCC1)C(=O)C1N([C@@H](CC)CO)C(=O)[C@@H]2[C@H](C(=O)O)[C@]3(C)CCC12S3. The van der Waals surface area contributed by atoms with E-state index in [2.05, 4.69) is 11.5 Å². The Labute approximate surface area is 205 Å². The van der Waals surface area contributed by atoms with Gasteiger partial charge in [-0.3, -0.25) is 19.3 Å². The van der Waals surface area contributed by atoms with Gasteiger partial charge < -0.3 is 24.7 Å². The van der Waals surface area contributed by atoms with Crippen LogP contribution in [0.2, 0.25) is 0 Å². The van der Waals surface area contributed by atoms with Gasteiger partial charge in [0, 0.05) is 37.5 Å². The molecule has 4 fully saturated rings. The number of likely N-dealkylation sites (tertiary alicyclic amines) is 1. The topological polar surface area (TPSA) is 111 Å². The molecule has 2 amide bonds. The van der Waals surface area contributed by atoms with Crippen molar-refractivity contribution in [2.75, 3.05) is 52.5 Å². The highest BCUT2D eigenvalue weighted by molar-refractivity contribution is 8.02. The lowest BCUT2D eigenvalue weighted by atomic mass is 9.66. The van der Waals surface area contributed by atoms with Gasteiger partial charge in [0.15, 0.2) is 0 Å². The molecule has 2 bridgehead atoms. The second-order valence-electron chi connectivity index (χ2n) is 10.1. The van der Waals surface area contributed by atoms with Gasteiger partial charge in [0.05, 0.1) is 42.4 Å². The predicted molar refractivity (Wildman–Crippen MR) is 128 cm³/mol. The van der Waals surface area contributed by atoms with E-state index in [9.17, 15) is 24.6 Å². The summed E-state index contributed by atoms with van der Waals surface area (Å²) in [5, 5.41) is 20.2. The molecule has 4 saturated heterocycles. The van der Waals surface area contributed by atoms with Crippen molar-refractivity contribution in [2.45, 2.75) is 54.7 Å². The first-order valence-corrected chi connectivity index (χ1v) is 13.1. The van der Waals surface area contributed by atoms with Gasteiger partial charge in [-0.2, -0.15) is 0 Å². The van der Waals surface area contributed by atoms with E-state index in [1.807, 2.05) is 13.8 Å². The van der Waals surface area contributed by atoms with Crippen LogP contribution in [-0.4, -0.2) is 117 Å². The highest BCUT2D eigenvalue weighted by Crippen LogP contribution is 2.71. The van der Waals surface area contributed by atoms with Crippen molar-refractivity contribution < 1.29 is 29.3 Å². The monoisotopic (exact) mass is 495 g/mol. The van der Waals surface area contributed by atoms with Gasteiger partial charge in [0.25, 0.3) is 0 Å². The van der Waals surface area contributed by atoms with E-state index < -0.39 is 39.4 Å². The fraction of sp³-hybridized carbons (Fsp3) is 0.792. The first kappa shape index (κ1) is 25.5. The Morgan fingerprint density at radius 1 is 1.35 bits per heavy atom. The second-order valence-corrected chi connectivity index (χ2v) is 12.0. The van der Waals surface area contributed by atoms with Crippen molar-refractivity contribution in [3.63, 3.8) is 0 Å². The summed E-state index contributed by atoms with van der Waals surface area (Å²) in [5.41, 5.74) is 0. The van der Waals surface area contributed by atoms with E-state index in [4.69, 9.17) is 4.74 Å². The van der Waals surface area contributed by atoms with Crippen LogP contribution < -0.4 is 0 Å². The molecule has 10 heteroatoms. The molecule has 0 aromatic heterocycles. The molecule has 0 aliphatic carbocycles. The molecule has 190 valence electrons. The number of carbonyl (C=O) groups excluding carboxylic acids is 2. The lowest BCUT2D eigenvalue weighted by Crippen LogP contribution is -2.58. The van der Waals surface area contributed by atoms with E-state index in [0.29, 0.717) is 52.1 Å². The third kappa shape index (κ3) is 3.96. The average molecular weight is 496 g/mol. The minimum absolute atomic E-state index is 0.168. The molecular weight excluding hydrogens is 458 g/mol. The summed E-state index contributed by atoms with van der Waals surface area (Å²) in [6, 6.07) is -1.31. The maximum absolute atomic E-state index is 14.2. The van der Waals surface area contributed by atoms with Crippen LogP contribution in [0.3, 0.4) is 0 Å². The standard InChI is InChI=1S/C24H37N3O6S/c1-4-8-26(10-9-25-11-13-33-14-12-25)21(30)19-24-7-6-23(3,34-24)18(22(31)32)17(24)20(29)27(19)16(5-2)15-28/h4,16-19,28H,1,5-15H2,2-3H3,(H,31,32)/t16-,17-,18+,19?,23-,24?/m0/s1. The number of aliphatic hydroxyl groups excluding tert-OH is 1. The van der Waals surface area contributed by atoms with Crippen LogP contribution >= 0.6 is 11.8 Å². The number of nitrogens with zero attached hydrogens (tertiary/aromatic N) is 3. The molecular formula is C24H37N3O6S. The van der Waals surface area contributed by atoms with E-state index in [1.165, 1.54) is 11.8 Å². The number of amides is 2. The zero-order valence-corrected chi connectivity index (χ0v) is 21.0. The molecule has 6 atom stereocenters. The van der Waals surface area contributed by atoms with Crippen LogP contribution in [0.4, 0.5) is 0 Å². The number of thioether (sulfide) groups is 1. The number of hydrogen-bond donors (Lipinski definition) is 2. The van der Waals surface area contributed by atoms with E-state index in [-0.39, 0.29) is 18.4 Å². The molecule has 2 N–H and O–H groups in total. The molecule has 4 aliphatic heterocycles. The molecule has 4 aliphatic rings. The van der Waals surface area contributed by atoms with Gasteiger partial charge in [-0.1, -0.05) is 13.0 Å². The van der Waals surface area contributed by atoms with E-state index in [1.54, 1.807) is 15.9 Å². The van der Waals surface area contributed by atoms with Crippen LogP contribution in [0.25, 0.3) is 0 Å². The average Bonchev–Trinajstić information content (AvgIpc) is 3.39. The Morgan fingerprint density at radius 3 is 2.65 bits per heavy atom. The van der Waals surface area contributed by atoms with Gasteiger partial charge in [0.1, 0.15) is 6.04 Å². The van der Waals surface area contributed by atoms with Crippen LogP contribution in [-0.2, 0) is 19.1 Å². The van der Waals surface area contributed by atoms with Gasteiger partial charge >= 0.3 is 5.97 Å². The quantitative estimate of drug-likeness (QED) is 0.426. The Morgan fingerprint density at radius 2 is 2.06 bits per heavy atom. The third-order valence-electron chi connectivity index (χ3n) is 8.24. The van der Waals surface area contributed by atoms with Crippen molar-refractivity contribution in [3.8, 4) is 0 Å². The third-order valence-corrected chi connectivity index (χ3v) is 10.2. The Balaban J connectivity index is 1.68. The number of carbonyl (C=O) groups is 3. The lowest BCUT2D eigenvalue weighted by Gasteiger charge is -2.40. The highest BCUT2D eigenvalue weighted by atomic mass is 32.2. The van der Waals surface area contributed by atoms with Crippen molar-refractivity contribution >= 4 is 29.5 Å². The van der Waals surface area contributed by atoms with Crippen LogP contribution in [0.15, 0.2) is 12.7 Å². The minimum atomic E-state index is -0.977. The fourth-order valence-corrected chi connectivity index (χ4v) is 8.86. The lowest BCUT2D eigenvalue weighted by molar-refractivity contribution is -0.151. The number of fused-ring (bicyclic) bond motifs is 1. The number of carboxylic acid groups (broad SMARTS) is 1. The minimum Gasteiger partial charge on any atom is -0.481 e. The maximum atomic E-state index is 14.2.